The number of hydrogen-bond donors (Lipinski definition) is 1. The fraction of sp³-hybridized carbons (Fsp3) is 0.423. The van der Waals surface area contributed by atoms with Crippen molar-refractivity contribution in [1.82, 2.24) is 14.5 Å². The average molecular weight is 516 g/mol. The van der Waals surface area contributed by atoms with Gasteiger partial charge in [0, 0.05) is 25.0 Å². The van der Waals surface area contributed by atoms with Gasteiger partial charge in [0.05, 0.1) is 12.7 Å². The van der Waals surface area contributed by atoms with E-state index in [4.69, 9.17) is 4.74 Å². The Hall–Kier alpha value is -3.40. The summed E-state index contributed by atoms with van der Waals surface area (Å²) in [4.78, 5) is 40.8. The fourth-order valence-corrected chi connectivity index (χ4v) is 5.70. The number of carbonyl (C=O) groups excluding carboxylic acids is 3. The van der Waals surface area contributed by atoms with E-state index >= 15 is 0 Å². The molecular weight excluding hydrogens is 482 g/mol. The van der Waals surface area contributed by atoms with Gasteiger partial charge in [0.1, 0.15) is 16.7 Å². The number of fused-ring (bicyclic) bond motifs is 1. The lowest BCUT2D eigenvalue weighted by Gasteiger charge is -2.33. The summed E-state index contributed by atoms with van der Waals surface area (Å²) in [6.45, 7) is 7.17. The quantitative estimate of drug-likeness (QED) is 0.549. The van der Waals surface area contributed by atoms with E-state index in [0.717, 1.165) is 9.87 Å². The third kappa shape index (κ3) is 5.87. The molecule has 1 heterocycles. The predicted octanol–water partition coefficient (Wildman–Crippen LogP) is 2.95. The molecule has 1 N–H and O–H groups in total. The number of rotatable bonds is 9. The minimum Gasteiger partial charge on any atom is -0.497 e. The first-order valence-electron chi connectivity index (χ1n) is 11.8. The van der Waals surface area contributed by atoms with Crippen molar-refractivity contribution in [2.24, 2.45) is 0 Å². The molecule has 10 heteroatoms. The van der Waals surface area contributed by atoms with Crippen LogP contribution >= 0.6 is 0 Å². The van der Waals surface area contributed by atoms with Gasteiger partial charge in [-0.15, -0.1) is 0 Å². The number of sulfonamides is 1. The van der Waals surface area contributed by atoms with E-state index in [2.05, 4.69) is 5.32 Å². The Bertz CT molecular complexity index is 1250. The summed E-state index contributed by atoms with van der Waals surface area (Å²) >= 11 is 0. The van der Waals surface area contributed by atoms with Crippen LogP contribution in [0.15, 0.2) is 53.4 Å². The van der Waals surface area contributed by atoms with E-state index in [1.807, 2.05) is 33.8 Å². The Morgan fingerprint density at radius 2 is 1.81 bits per heavy atom. The molecule has 1 aliphatic heterocycles. The van der Waals surface area contributed by atoms with Gasteiger partial charge >= 0.3 is 0 Å². The third-order valence-corrected chi connectivity index (χ3v) is 7.65. The van der Waals surface area contributed by atoms with Gasteiger partial charge in [-0.25, -0.2) is 12.7 Å². The first kappa shape index (κ1) is 27.2. The highest BCUT2D eigenvalue weighted by Gasteiger charge is 2.41. The molecule has 9 nitrogen and oxygen atoms in total. The molecule has 2 aromatic rings. The number of hydrogen-bond acceptors (Lipinski definition) is 6. The highest BCUT2D eigenvalue weighted by Crippen LogP contribution is 2.30. The van der Waals surface area contributed by atoms with Crippen molar-refractivity contribution < 1.29 is 27.5 Å². The zero-order chi connectivity index (χ0) is 26.7. The van der Waals surface area contributed by atoms with Crippen molar-refractivity contribution in [1.29, 1.82) is 0 Å². The fourth-order valence-electron chi connectivity index (χ4n) is 4.13. The summed E-state index contributed by atoms with van der Waals surface area (Å²) in [6.07, 6.45) is 0.0895. The van der Waals surface area contributed by atoms with Crippen LogP contribution in [0.25, 0.3) is 0 Å². The van der Waals surface area contributed by atoms with Gasteiger partial charge < -0.3 is 15.0 Å². The lowest BCUT2D eigenvalue weighted by atomic mass is 10.1. The molecule has 194 valence electrons. The monoisotopic (exact) mass is 515 g/mol. The first-order chi connectivity index (χ1) is 16.9. The highest BCUT2D eigenvalue weighted by atomic mass is 32.2. The maximum Gasteiger partial charge on any atom is 0.269 e. The molecular formula is C26H33N3O6S. The van der Waals surface area contributed by atoms with E-state index in [9.17, 15) is 22.8 Å². The zero-order valence-corrected chi connectivity index (χ0v) is 22.1. The molecule has 0 aromatic heterocycles. The van der Waals surface area contributed by atoms with Crippen LogP contribution in [-0.4, -0.2) is 60.6 Å². The van der Waals surface area contributed by atoms with Crippen LogP contribution in [0, 0.1) is 0 Å². The number of nitrogens with zero attached hydrogens (tertiary/aromatic N) is 2. The van der Waals surface area contributed by atoms with Crippen molar-refractivity contribution in [3.63, 3.8) is 0 Å². The lowest BCUT2D eigenvalue weighted by molar-refractivity contribution is -0.142. The van der Waals surface area contributed by atoms with Gasteiger partial charge in [-0.2, -0.15) is 0 Å². The van der Waals surface area contributed by atoms with Crippen molar-refractivity contribution in [2.45, 2.75) is 63.6 Å². The summed E-state index contributed by atoms with van der Waals surface area (Å²) in [5.41, 5.74) is 0.341. The van der Waals surface area contributed by atoms with E-state index in [-0.39, 0.29) is 35.9 Å². The average Bonchev–Trinajstić information content (AvgIpc) is 3.01. The summed E-state index contributed by atoms with van der Waals surface area (Å²) in [6, 6.07) is 12.4. The largest absolute Gasteiger partial charge is 0.497 e. The minimum absolute atomic E-state index is 0.0633. The van der Waals surface area contributed by atoms with Gasteiger partial charge in [-0.05, 0) is 57.0 Å². The van der Waals surface area contributed by atoms with E-state index in [1.165, 1.54) is 17.0 Å². The molecule has 36 heavy (non-hydrogen) atoms. The van der Waals surface area contributed by atoms with Crippen LogP contribution in [0.1, 0.15) is 56.5 Å². The van der Waals surface area contributed by atoms with Crippen LogP contribution in [0.5, 0.6) is 5.75 Å². The smallest absolute Gasteiger partial charge is 0.269 e. The molecule has 0 fully saturated rings. The summed E-state index contributed by atoms with van der Waals surface area (Å²) in [5, 5.41) is 2.93. The highest BCUT2D eigenvalue weighted by molar-refractivity contribution is 7.90. The van der Waals surface area contributed by atoms with E-state index in [0.29, 0.717) is 12.2 Å². The van der Waals surface area contributed by atoms with Crippen LogP contribution in [0.4, 0.5) is 0 Å². The normalized spacial score (nSPS) is 15.2. The van der Waals surface area contributed by atoms with Gasteiger partial charge in [-0.3, -0.25) is 14.4 Å². The van der Waals surface area contributed by atoms with Gasteiger partial charge in [0.15, 0.2) is 0 Å². The molecule has 0 saturated heterocycles. The number of carbonyl (C=O) groups is 3. The molecule has 1 aliphatic rings. The standard InChI is InChI=1S/C26H33N3O6S/c1-6-21(24(31)27-26(2,3)4)28(17-18-10-9-11-19(16-18)35-5)23(30)14-15-29-25(32)20-12-7-8-13-22(20)36(29,33)34/h7-13,16,21H,6,14-15,17H2,1-5H3,(H,27,31)/t21-/m0/s1. The SMILES string of the molecule is CC[C@@H](C(=O)NC(C)(C)C)N(Cc1cccc(OC)c1)C(=O)CCN1C(=O)c2ccccc2S1(=O)=O. The minimum atomic E-state index is -4.03. The van der Waals surface area contributed by atoms with Crippen LogP contribution in [0.3, 0.4) is 0 Å². The number of methoxy groups -OCH3 is 1. The topological polar surface area (TPSA) is 113 Å². The maximum atomic E-state index is 13.5. The van der Waals surface area contributed by atoms with Gasteiger partial charge in [0.2, 0.25) is 11.8 Å². The second-order valence-electron chi connectivity index (χ2n) is 9.66. The number of nitrogens with one attached hydrogen (secondary N) is 1. The summed E-state index contributed by atoms with van der Waals surface area (Å²) in [5.74, 6) is -0.792. The van der Waals surface area contributed by atoms with Crippen LogP contribution in [0.2, 0.25) is 0 Å². The molecule has 1 atom stereocenters. The summed E-state index contributed by atoms with van der Waals surface area (Å²) in [7, 11) is -2.49. The maximum absolute atomic E-state index is 13.5. The van der Waals surface area contributed by atoms with E-state index < -0.39 is 33.4 Å². The molecule has 0 spiro atoms. The Kier molecular flexibility index (Phi) is 8.08. The molecule has 0 aliphatic carbocycles. The second-order valence-corrected chi connectivity index (χ2v) is 11.5. The number of benzene rings is 2. The number of ether oxygens (including phenoxy) is 1. The lowest BCUT2D eigenvalue weighted by Crippen LogP contribution is -2.53. The molecule has 2 aromatic carbocycles. The zero-order valence-electron chi connectivity index (χ0n) is 21.3. The number of amides is 3. The Morgan fingerprint density at radius 1 is 1.11 bits per heavy atom. The molecule has 0 radical (unpaired) electrons. The Balaban J connectivity index is 1.86. The molecule has 0 saturated carbocycles. The van der Waals surface area contributed by atoms with Gasteiger partial charge in [0.25, 0.3) is 15.9 Å². The van der Waals surface area contributed by atoms with Crippen molar-refractivity contribution in [2.75, 3.05) is 13.7 Å². The second kappa shape index (κ2) is 10.7. The van der Waals surface area contributed by atoms with Crippen LogP contribution in [-0.2, 0) is 26.2 Å². The predicted molar refractivity (Wildman–Crippen MR) is 135 cm³/mol. The first-order valence-corrected chi connectivity index (χ1v) is 13.2. The van der Waals surface area contributed by atoms with Crippen LogP contribution < -0.4 is 10.1 Å². The van der Waals surface area contributed by atoms with E-state index in [1.54, 1.807) is 37.4 Å². The third-order valence-electron chi connectivity index (χ3n) is 5.81. The van der Waals surface area contributed by atoms with Gasteiger partial charge in [-0.1, -0.05) is 31.2 Å². The summed E-state index contributed by atoms with van der Waals surface area (Å²) < 4.78 is 31.8. The molecule has 0 bridgehead atoms. The molecule has 3 rings (SSSR count). The Morgan fingerprint density at radius 3 is 2.42 bits per heavy atom. The van der Waals surface area contributed by atoms with Crippen molar-refractivity contribution in [3.8, 4) is 5.75 Å². The molecule has 3 amide bonds. The Labute approximate surface area is 212 Å². The molecule has 0 unspecified atom stereocenters. The van der Waals surface area contributed by atoms with Crippen molar-refractivity contribution >= 4 is 27.7 Å². The van der Waals surface area contributed by atoms with Crippen molar-refractivity contribution in [3.05, 3.63) is 59.7 Å².